The Balaban J connectivity index is 1.27. The highest BCUT2D eigenvalue weighted by Gasteiger charge is 2.20. The standard InChI is InChI=1S/C24H21N7O4/c1-14-10-20(30-35-14)22-28-27-21-18-4-2-3-5-19(18)24(29-31(21)22)34-13-16-7-6-15(11-25-16)23(32)26-17-8-9-33-12-17/h2-7,10-11,13,17,25H,8-9,12H2,1H3,(H,26,32). The molecule has 11 nitrogen and oxygen atoms in total. The van der Waals surface area contributed by atoms with Crippen molar-refractivity contribution in [1.29, 1.82) is 0 Å². The van der Waals surface area contributed by atoms with Gasteiger partial charge in [-0.3, -0.25) is 4.79 Å². The Kier molecular flexibility index (Phi) is 5.23. The molecule has 1 fully saturated rings. The number of nitrogens with one attached hydrogen (secondary N) is 2. The minimum Gasteiger partial charge on any atom is -0.443 e. The van der Waals surface area contributed by atoms with Gasteiger partial charge in [0, 0.05) is 29.6 Å². The Morgan fingerprint density at radius 1 is 1.26 bits per heavy atom. The lowest BCUT2D eigenvalue weighted by atomic mass is 10.1. The molecule has 0 radical (unpaired) electrons. The van der Waals surface area contributed by atoms with E-state index in [0.29, 0.717) is 53.3 Å². The quantitative estimate of drug-likeness (QED) is 0.422. The monoisotopic (exact) mass is 471 g/mol. The molecule has 1 aromatic carbocycles. The van der Waals surface area contributed by atoms with Crippen LogP contribution in [0.2, 0.25) is 0 Å². The molecule has 35 heavy (non-hydrogen) atoms. The van der Waals surface area contributed by atoms with Crippen LogP contribution in [0, 0.1) is 6.92 Å². The van der Waals surface area contributed by atoms with Crippen LogP contribution in [0.25, 0.3) is 27.9 Å². The lowest BCUT2D eigenvalue weighted by Crippen LogP contribution is -2.36. The molecule has 1 saturated heterocycles. The van der Waals surface area contributed by atoms with Crippen molar-refractivity contribution in [1.82, 2.24) is 35.6 Å². The van der Waals surface area contributed by atoms with Gasteiger partial charge in [0.15, 0.2) is 11.3 Å². The van der Waals surface area contributed by atoms with Crippen LogP contribution < -0.4 is 15.4 Å². The number of ether oxygens (including phenoxy) is 2. The van der Waals surface area contributed by atoms with E-state index in [2.05, 4.69) is 31.1 Å². The number of fused-ring (bicyclic) bond motifs is 3. The van der Waals surface area contributed by atoms with E-state index in [1.165, 1.54) is 6.26 Å². The van der Waals surface area contributed by atoms with E-state index >= 15 is 0 Å². The third-order valence-corrected chi connectivity index (χ3v) is 5.75. The molecule has 5 heterocycles. The minimum absolute atomic E-state index is 0.0510. The van der Waals surface area contributed by atoms with Crippen molar-refractivity contribution in [3.8, 4) is 17.4 Å². The number of hydrogen-bond donors (Lipinski definition) is 2. The first kappa shape index (κ1) is 21.1. The third kappa shape index (κ3) is 4.02. The maximum absolute atomic E-state index is 12.4. The number of allylic oxidation sites excluding steroid dienone is 1. The topological polar surface area (TPSA) is 129 Å². The van der Waals surface area contributed by atoms with E-state index in [9.17, 15) is 4.79 Å². The molecule has 0 aliphatic carbocycles. The molecular formula is C24H21N7O4. The van der Waals surface area contributed by atoms with Crippen molar-refractivity contribution < 1.29 is 18.8 Å². The first-order valence-electron chi connectivity index (χ1n) is 11.1. The molecule has 0 saturated carbocycles. The van der Waals surface area contributed by atoms with Crippen molar-refractivity contribution in [2.45, 2.75) is 19.4 Å². The van der Waals surface area contributed by atoms with Crippen LogP contribution in [-0.2, 0) is 9.53 Å². The van der Waals surface area contributed by atoms with Crippen molar-refractivity contribution in [3.05, 3.63) is 72.0 Å². The summed E-state index contributed by atoms with van der Waals surface area (Å²) in [5, 5.41) is 24.9. The maximum Gasteiger partial charge on any atom is 0.253 e. The van der Waals surface area contributed by atoms with Crippen molar-refractivity contribution in [2.75, 3.05) is 13.2 Å². The maximum atomic E-state index is 12.4. The number of carbonyl (C=O) groups excluding carboxylic acids is 1. The van der Waals surface area contributed by atoms with E-state index in [4.69, 9.17) is 14.0 Å². The molecule has 2 aliphatic rings. The molecule has 1 atom stereocenters. The number of aryl methyl sites for hydroxylation is 1. The van der Waals surface area contributed by atoms with Crippen LogP contribution in [0.3, 0.4) is 0 Å². The summed E-state index contributed by atoms with van der Waals surface area (Å²) in [6.45, 7) is 3.02. The predicted octanol–water partition coefficient (Wildman–Crippen LogP) is 2.41. The zero-order valence-corrected chi connectivity index (χ0v) is 18.8. The van der Waals surface area contributed by atoms with Gasteiger partial charge in [-0.1, -0.05) is 23.4 Å². The fourth-order valence-electron chi connectivity index (χ4n) is 3.96. The van der Waals surface area contributed by atoms with Crippen molar-refractivity contribution >= 4 is 22.3 Å². The van der Waals surface area contributed by atoms with Gasteiger partial charge in [0.1, 0.15) is 12.0 Å². The summed E-state index contributed by atoms with van der Waals surface area (Å²) in [4.78, 5) is 12.4. The molecule has 11 heteroatoms. The SMILES string of the molecule is Cc1cc(-c2nnc3c4ccccc4c(OC=C4C=CC(C(=O)NC5CCOC5)=CN4)nn23)no1. The highest BCUT2D eigenvalue weighted by Crippen LogP contribution is 2.29. The van der Waals surface area contributed by atoms with Crippen molar-refractivity contribution in [3.63, 3.8) is 0 Å². The summed E-state index contributed by atoms with van der Waals surface area (Å²) in [6.07, 6.45) is 7.50. The van der Waals surface area contributed by atoms with Gasteiger partial charge in [-0.25, -0.2) is 0 Å². The number of nitrogens with zero attached hydrogens (tertiary/aromatic N) is 5. The smallest absolute Gasteiger partial charge is 0.253 e. The first-order chi connectivity index (χ1) is 17.2. The lowest BCUT2D eigenvalue weighted by Gasteiger charge is -2.14. The number of amides is 1. The van der Waals surface area contributed by atoms with Gasteiger partial charge in [-0.15, -0.1) is 15.3 Å². The van der Waals surface area contributed by atoms with Crippen LogP contribution in [0.1, 0.15) is 12.2 Å². The second kappa shape index (κ2) is 8.69. The van der Waals surface area contributed by atoms with E-state index in [-0.39, 0.29) is 11.9 Å². The predicted molar refractivity (Wildman–Crippen MR) is 125 cm³/mol. The Hall–Kier alpha value is -4.51. The van der Waals surface area contributed by atoms with E-state index < -0.39 is 0 Å². The summed E-state index contributed by atoms with van der Waals surface area (Å²) in [5.74, 6) is 1.32. The average Bonchev–Trinajstić information content (AvgIpc) is 3.64. The molecule has 6 rings (SSSR count). The van der Waals surface area contributed by atoms with Crippen LogP contribution in [-0.4, -0.2) is 50.1 Å². The molecule has 0 bridgehead atoms. The van der Waals surface area contributed by atoms with Crippen LogP contribution in [0.5, 0.6) is 5.88 Å². The molecule has 0 spiro atoms. The Morgan fingerprint density at radius 3 is 2.89 bits per heavy atom. The van der Waals surface area contributed by atoms with Gasteiger partial charge in [-0.05, 0) is 31.6 Å². The summed E-state index contributed by atoms with van der Waals surface area (Å²) < 4.78 is 18.1. The normalized spacial score (nSPS) is 18.7. The Bertz CT molecular complexity index is 1530. The van der Waals surface area contributed by atoms with Gasteiger partial charge < -0.3 is 24.6 Å². The summed E-state index contributed by atoms with van der Waals surface area (Å²) in [6, 6.07) is 9.48. The average molecular weight is 471 g/mol. The lowest BCUT2D eigenvalue weighted by molar-refractivity contribution is -0.117. The number of dihydropyridines is 1. The fraction of sp³-hybridized carbons (Fsp3) is 0.208. The number of carbonyl (C=O) groups is 1. The minimum atomic E-state index is -0.148. The molecule has 3 aromatic heterocycles. The molecule has 176 valence electrons. The zero-order valence-electron chi connectivity index (χ0n) is 18.8. The summed E-state index contributed by atoms with van der Waals surface area (Å²) in [5.41, 5.74) is 2.29. The van der Waals surface area contributed by atoms with Gasteiger partial charge >= 0.3 is 0 Å². The second-order valence-electron chi connectivity index (χ2n) is 8.23. The van der Waals surface area contributed by atoms with Gasteiger partial charge in [-0.2, -0.15) is 4.52 Å². The van der Waals surface area contributed by atoms with Crippen LogP contribution >= 0.6 is 0 Å². The van der Waals surface area contributed by atoms with E-state index in [1.54, 1.807) is 35.9 Å². The van der Waals surface area contributed by atoms with Gasteiger partial charge in [0.2, 0.25) is 11.7 Å². The molecule has 1 unspecified atom stereocenters. The first-order valence-corrected chi connectivity index (χ1v) is 11.1. The van der Waals surface area contributed by atoms with Crippen LogP contribution in [0.4, 0.5) is 0 Å². The molecule has 4 aromatic rings. The summed E-state index contributed by atoms with van der Waals surface area (Å²) in [7, 11) is 0. The van der Waals surface area contributed by atoms with E-state index in [0.717, 1.165) is 17.2 Å². The third-order valence-electron chi connectivity index (χ3n) is 5.75. The van der Waals surface area contributed by atoms with Gasteiger partial charge in [0.05, 0.1) is 23.9 Å². The highest BCUT2D eigenvalue weighted by molar-refractivity contribution is 5.97. The summed E-state index contributed by atoms with van der Waals surface area (Å²) >= 11 is 0. The number of aromatic nitrogens is 5. The van der Waals surface area contributed by atoms with Gasteiger partial charge in [0.25, 0.3) is 5.91 Å². The number of hydrogen-bond acceptors (Lipinski definition) is 9. The zero-order chi connectivity index (χ0) is 23.8. The second-order valence-corrected chi connectivity index (χ2v) is 8.23. The number of benzene rings is 1. The Labute approximate surface area is 199 Å². The molecular weight excluding hydrogens is 450 g/mol. The number of rotatable bonds is 5. The van der Waals surface area contributed by atoms with E-state index in [1.807, 2.05) is 24.3 Å². The molecule has 2 N–H and O–H groups in total. The Morgan fingerprint density at radius 2 is 2.14 bits per heavy atom. The largest absolute Gasteiger partial charge is 0.443 e. The molecule has 2 aliphatic heterocycles. The van der Waals surface area contributed by atoms with Crippen LogP contribution in [0.15, 0.2) is 70.7 Å². The fourth-order valence-corrected chi connectivity index (χ4v) is 3.96. The highest BCUT2D eigenvalue weighted by atomic mass is 16.5. The van der Waals surface area contributed by atoms with Crippen molar-refractivity contribution in [2.24, 2.45) is 0 Å². The molecule has 1 amide bonds.